The SMILES string of the molecule is COc1cccc(C=Nc2cccnc2)c1OCc1ccc(C(=O)O)cc1. The number of aromatic nitrogens is 1. The highest BCUT2D eigenvalue weighted by Gasteiger charge is 2.10. The summed E-state index contributed by atoms with van der Waals surface area (Å²) in [4.78, 5) is 19.4. The van der Waals surface area contributed by atoms with Crippen molar-refractivity contribution < 1.29 is 19.4 Å². The third kappa shape index (κ3) is 4.70. The molecule has 0 saturated heterocycles. The van der Waals surface area contributed by atoms with Crippen molar-refractivity contribution in [2.24, 2.45) is 4.99 Å². The Hall–Kier alpha value is -3.67. The Bertz CT molecular complexity index is 938. The number of ether oxygens (including phenoxy) is 2. The summed E-state index contributed by atoms with van der Waals surface area (Å²) in [6, 6.07) is 15.8. The average molecular weight is 362 g/mol. The summed E-state index contributed by atoms with van der Waals surface area (Å²) < 4.78 is 11.4. The molecule has 0 aliphatic rings. The van der Waals surface area contributed by atoms with Crippen molar-refractivity contribution in [3.63, 3.8) is 0 Å². The van der Waals surface area contributed by atoms with E-state index in [4.69, 9.17) is 14.6 Å². The number of carboxylic acids is 1. The van der Waals surface area contributed by atoms with Gasteiger partial charge in [-0.25, -0.2) is 4.79 Å². The zero-order valence-electron chi connectivity index (χ0n) is 14.7. The van der Waals surface area contributed by atoms with Crippen LogP contribution in [0.2, 0.25) is 0 Å². The van der Waals surface area contributed by atoms with E-state index in [9.17, 15) is 4.79 Å². The molecule has 1 heterocycles. The van der Waals surface area contributed by atoms with Crippen LogP contribution in [0.1, 0.15) is 21.5 Å². The predicted molar refractivity (Wildman–Crippen MR) is 102 cm³/mol. The van der Waals surface area contributed by atoms with Crippen LogP contribution >= 0.6 is 0 Å². The fourth-order valence-electron chi connectivity index (χ4n) is 2.42. The van der Waals surface area contributed by atoms with Crippen LogP contribution in [0.15, 0.2) is 72.0 Å². The van der Waals surface area contributed by atoms with Gasteiger partial charge in [-0.15, -0.1) is 0 Å². The molecule has 0 amide bonds. The molecule has 6 heteroatoms. The number of carboxylic acid groups (broad SMARTS) is 1. The van der Waals surface area contributed by atoms with E-state index in [-0.39, 0.29) is 12.2 Å². The molecular weight excluding hydrogens is 344 g/mol. The summed E-state index contributed by atoms with van der Waals surface area (Å²) in [6.07, 6.45) is 5.05. The molecule has 0 spiro atoms. The molecule has 0 saturated carbocycles. The van der Waals surface area contributed by atoms with Gasteiger partial charge in [0.2, 0.25) is 0 Å². The molecule has 1 aromatic heterocycles. The van der Waals surface area contributed by atoms with E-state index in [1.165, 1.54) is 0 Å². The number of aliphatic imine (C=N–C) groups is 1. The van der Waals surface area contributed by atoms with E-state index in [0.717, 1.165) is 16.8 Å². The molecular formula is C21H18N2O4. The van der Waals surface area contributed by atoms with Crippen LogP contribution in [0.5, 0.6) is 11.5 Å². The molecule has 3 rings (SSSR count). The zero-order valence-corrected chi connectivity index (χ0v) is 14.7. The lowest BCUT2D eigenvalue weighted by Gasteiger charge is -2.13. The molecule has 2 aromatic carbocycles. The number of methoxy groups -OCH3 is 1. The third-order valence-electron chi connectivity index (χ3n) is 3.81. The molecule has 0 unspecified atom stereocenters. The Kier molecular flexibility index (Phi) is 5.79. The Morgan fingerprint density at radius 3 is 2.63 bits per heavy atom. The Morgan fingerprint density at radius 2 is 1.96 bits per heavy atom. The van der Waals surface area contributed by atoms with Crippen molar-refractivity contribution >= 4 is 17.9 Å². The molecule has 6 nitrogen and oxygen atoms in total. The summed E-state index contributed by atoms with van der Waals surface area (Å²) >= 11 is 0. The van der Waals surface area contributed by atoms with Crippen molar-refractivity contribution in [1.82, 2.24) is 4.98 Å². The van der Waals surface area contributed by atoms with Crippen molar-refractivity contribution in [3.05, 3.63) is 83.7 Å². The van der Waals surface area contributed by atoms with Crippen LogP contribution in [-0.4, -0.2) is 29.4 Å². The minimum Gasteiger partial charge on any atom is -0.493 e. The van der Waals surface area contributed by atoms with Crippen LogP contribution in [0.4, 0.5) is 5.69 Å². The maximum Gasteiger partial charge on any atom is 0.335 e. The van der Waals surface area contributed by atoms with Gasteiger partial charge < -0.3 is 14.6 Å². The molecule has 0 aliphatic heterocycles. The van der Waals surface area contributed by atoms with Crippen molar-refractivity contribution in [3.8, 4) is 11.5 Å². The Balaban J connectivity index is 1.81. The molecule has 27 heavy (non-hydrogen) atoms. The van der Waals surface area contributed by atoms with Crippen LogP contribution in [0.25, 0.3) is 0 Å². The van der Waals surface area contributed by atoms with Gasteiger partial charge in [0.1, 0.15) is 6.61 Å². The predicted octanol–water partition coefficient (Wildman–Crippen LogP) is 4.12. The highest BCUT2D eigenvalue weighted by molar-refractivity contribution is 5.87. The average Bonchev–Trinajstić information content (AvgIpc) is 2.71. The number of aromatic carboxylic acids is 1. The van der Waals surface area contributed by atoms with Gasteiger partial charge in [-0.3, -0.25) is 9.98 Å². The molecule has 3 aromatic rings. The summed E-state index contributed by atoms with van der Waals surface area (Å²) in [7, 11) is 1.58. The zero-order chi connectivity index (χ0) is 19.1. The standard InChI is InChI=1S/C21H18N2O4/c1-26-19-6-2-4-17(12-23-18-5-3-11-22-13-18)20(19)27-14-15-7-9-16(10-8-15)21(24)25/h2-13H,14H2,1H3,(H,24,25). The molecule has 0 aliphatic carbocycles. The van der Waals surface area contributed by atoms with Gasteiger partial charge in [-0.05, 0) is 42.0 Å². The van der Waals surface area contributed by atoms with Crippen molar-refractivity contribution in [1.29, 1.82) is 0 Å². The number of rotatable bonds is 7. The fourth-order valence-corrected chi connectivity index (χ4v) is 2.42. The topological polar surface area (TPSA) is 81.0 Å². The van der Waals surface area contributed by atoms with E-state index in [0.29, 0.717) is 11.5 Å². The first-order valence-electron chi connectivity index (χ1n) is 8.23. The van der Waals surface area contributed by atoms with Crippen molar-refractivity contribution in [2.75, 3.05) is 7.11 Å². The van der Waals surface area contributed by atoms with Crippen LogP contribution in [0.3, 0.4) is 0 Å². The lowest BCUT2D eigenvalue weighted by molar-refractivity contribution is 0.0697. The van der Waals surface area contributed by atoms with E-state index in [1.54, 1.807) is 50.0 Å². The minimum absolute atomic E-state index is 0.236. The second kappa shape index (κ2) is 8.62. The number of nitrogens with zero attached hydrogens (tertiary/aromatic N) is 2. The maximum absolute atomic E-state index is 10.9. The van der Waals surface area contributed by atoms with E-state index in [2.05, 4.69) is 9.98 Å². The van der Waals surface area contributed by atoms with Gasteiger partial charge in [-0.2, -0.15) is 0 Å². The second-order valence-corrected chi connectivity index (χ2v) is 5.64. The first kappa shape index (κ1) is 18.1. The van der Waals surface area contributed by atoms with E-state index >= 15 is 0 Å². The quantitative estimate of drug-likeness (QED) is 0.640. The number of pyridine rings is 1. The summed E-state index contributed by atoms with van der Waals surface area (Å²) in [5.74, 6) is 0.198. The molecule has 1 N–H and O–H groups in total. The summed E-state index contributed by atoms with van der Waals surface area (Å²) in [5, 5.41) is 8.97. The van der Waals surface area contributed by atoms with Crippen molar-refractivity contribution in [2.45, 2.75) is 6.61 Å². The minimum atomic E-state index is -0.957. The number of para-hydroxylation sites is 1. The molecule has 0 atom stereocenters. The number of hydrogen-bond donors (Lipinski definition) is 1. The normalized spacial score (nSPS) is 10.7. The van der Waals surface area contributed by atoms with Crippen LogP contribution < -0.4 is 9.47 Å². The second-order valence-electron chi connectivity index (χ2n) is 5.64. The summed E-state index contributed by atoms with van der Waals surface area (Å²) in [6.45, 7) is 0.272. The first-order valence-corrected chi connectivity index (χ1v) is 8.23. The first-order chi connectivity index (χ1) is 13.2. The lowest BCUT2D eigenvalue weighted by Crippen LogP contribution is -2.02. The smallest absolute Gasteiger partial charge is 0.335 e. The third-order valence-corrected chi connectivity index (χ3v) is 3.81. The Labute approximate surface area is 156 Å². The number of hydrogen-bond acceptors (Lipinski definition) is 5. The van der Waals surface area contributed by atoms with Crippen LogP contribution in [0, 0.1) is 0 Å². The summed E-state index contributed by atoms with van der Waals surface area (Å²) in [5.41, 5.74) is 2.58. The highest BCUT2D eigenvalue weighted by Crippen LogP contribution is 2.31. The van der Waals surface area contributed by atoms with Gasteiger partial charge >= 0.3 is 5.97 Å². The molecule has 0 fully saturated rings. The van der Waals surface area contributed by atoms with Crippen LogP contribution in [-0.2, 0) is 6.61 Å². The van der Waals surface area contributed by atoms with Gasteiger partial charge in [0.15, 0.2) is 11.5 Å². The van der Waals surface area contributed by atoms with E-state index in [1.807, 2.05) is 30.3 Å². The molecule has 136 valence electrons. The monoisotopic (exact) mass is 362 g/mol. The molecule has 0 radical (unpaired) electrons. The number of benzene rings is 2. The largest absolute Gasteiger partial charge is 0.493 e. The van der Waals surface area contributed by atoms with Gasteiger partial charge in [0.25, 0.3) is 0 Å². The Morgan fingerprint density at radius 1 is 1.15 bits per heavy atom. The van der Waals surface area contributed by atoms with Gasteiger partial charge in [-0.1, -0.05) is 18.2 Å². The lowest BCUT2D eigenvalue weighted by atomic mass is 10.1. The molecule has 0 bridgehead atoms. The number of carbonyl (C=O) groups is 1. The van der Waals surface area contributed by atoms with Gasteiger partial charge in [0.05, 0.1) is 24.6 Å². The van der Waals surface area contributed by atoms with E-state index < -0.39 is 5.97 Å². The fraction of sp³-hybridized carbons (Fsp3) is 0.0952. The highest BCUT2D eigenvalue weighted by atomic mass is 16.5. The van der Waals surface area contributed by atoms with Gasteiger partial charge in [0, 0.05) is 18.0 Å². The maximum atomic E-state index is 10.9.